The number of para-hydroxylation sites is 1. The molecule has 27 heavy (non-hydrogen) atoms. The zero-order valence-corrected chi connectivity index (χ0v) is 16.0. The smallest absolute Gasteiger partial charge is 0.344 e. The minimum atomic E-state index is -1.13. The van der Waals surface area contributed by atoms with Crippen molar-refractivity contribution < 1.29 is 19.1 Å². The van der Waals surface area contributed by atoms with E-state index in [1.54, 1.807) is 31.2 Å². The standard InChI is InChI=1S/C20H16ClNO4S/c1-12(18(24)13-6-8-14(21)9-7-13)26-19(25)20-11-10-17(23)22(20)15-4-2-3-5-16(15)27-20/h2-9,12H,10-11H2,1H3. The van der Waals surface area contributed by atoms with Crippen LogP contribution in [-0.2, 0) is 14.3 Å². The van der Waals surface area contributed by atoms with Crippen molar-refractivity contribution in [3.05, 3.63) is 59.1 Å². The van der Waals surface area contributed by atoms with E-state index in [1.807, 2.05) is 24.3 Å². The lowest BCUT2D eigenvalue weighted by Crippen LogP contribution is -2.49. The average molecular weight is 402 g/mol. The van der Waals surface area contributed by atoms with E-state index < -0.39 is 16.9 Å². The van der Waals surface area contributed by atoms with Crippen LogP contribution in [0.1, 0.15) is 30.1 Å². The fraction of sp³-hybridized carbons (Fsp3) is 0.250. The number of fused-ring (bicyclic) bond motifs is 3. The van der Waals surface area contributed by atoms with Crippen molar-refractivity contribution in [3.63, 3.8) is 0 Å². The summed E-state index contributed by atoms with van der Waals surface area (Å²) in [7, 11) is 0. The third-order valence-electron chi connectivity index (χ3n) is 4.77. The van der Waals surface area contributed by atoms with Crippen LogP contribution in [0.5, 0.6) is 0 Å². The maximum Gasteiger partial charge on any atom is 0.344 e. The Bertz CT molecular complexity index is 945. The number of ether oxygens (including phenoxy) is 1. The van der Waals surface area contributed by atoms with Crippen LogP contribution in [0.2, 0.25) is 5.02 Å². The van der Waals surface area contributed by atoms with Gasteiger partial charge in [-0.05, 0) is 43.3 Å². The molecule has 2 aliphatic heterocycles. The molecule has 0 bridgehead atoms. The quantitative estimate of drug-likeness (QED) is 0.570. The summed E-state index contributed by atoms with van der Waals surface area (Å²) in [6.07, 6.45) is -0.336. The maximum absolute atomic E-state index is 13.1. The van der Waals surface area contributed by atoms with Gasteiger partial charge in [0, 0.05) is 28.3 Å². The van der Waals surface area contributed by atoms with E-state index in [4.69, 9.17) is 16.3 Å². The Balaban J connectivity index is 1.57. The first-order chi connectivity index (χ1) is 12.9. The summed E-state index contributed by atoms with van der Waals surface area (Å²) in [5, 5.41) is 0.523. The van der Waals surface area contributed by atoms with Gasteiger partial charge in [-0.15, -0.1) is 0 Å². The lowest BCUT2D eigenvalue weighted by Gasteiger charge is -2.29. The Morgan fingerprint density at radius 3 is 2.63 bits per heavy atom. The van der Waals surface area contributed by atoms with Gasteiger partial charge in [0.15, 0.2) is 11.0 Å². The van der Waals surface area contributed by atoms with Crippen LogP contribution < -0.4 is 4.90 Å². The number of rotatable bonds is 4. The summed E-state index contributed by atoms with van der Waals surface area (Å²) in [6, 6.07) is 13.8. The molecule has 2 aromatic carbocycles. The van der Waals surface area contributed by atoms with Gasteiger partial charge in [0.1, 0.15) is 0 Å². The number of hydrogen-bond acceptors (Lipinski definition) is 5. The van der Waals surface area contributed by atoms with Gasteiger partial charge in [-0.1, -0.05) is 35.5 Å². The topological polar surface area (TPSA) is 63.7 Å². The van der Waals surface area contributed by atoms with Gasteiger partial charge in [0.05, 0.1) is 5.69 Å². The van der Waals surface area contributed by atoms with E-state index in [0.717, 1.165) is 10.6 Å². The molecule has 1 saturated heterocycles. The zero-order chi connectivity index (χ0) is 19.2. The number of anilines is 1. The number of esters is 1. The molecule has 0 saturated carbocycles. The Hall–Kier alpha value is -2.31. The van der Waals surface area contributed by atoms with Crippen molar-refractivity contribution in [2.45, 2.75) is 35.6 Å². The summed E-state index contributed by atoms with van der Waals surface area (Å²) in [5.41, 5.74) is 1.14. The number of hydrogen-bond donors (Lipinski definition) is 0. The lowest BCUT2D eigenvalue weighted by molar-refractivity contribution is -0.149. The van der Waals surface area contributed by atoms with Gasteiger partial charge >= 0.3 is 5.97 Å². The molecule has 0 N–H and O–H groups in total. The monoisotopic (exact) mass is 401 g/mol. The number of halogens is 1. The molecule has 2 aliphatic rings. The first-order valence-corrected chi connectivity index (χ1v) is 9.74. The van der Waals surface area contributed by atoms with Crippen LogP contribution in [0.25, 0.3) is 0 Å². The molecule has 138 valence electrons. The molecule has 1 amide bonds. The summed E-state index contributed by atoms with van der Waals surface area (Å²) in [6.45, 7) is 1.54. The zero-order valence-electron chi connectivity index (χ0n) is 14.5. The highest BCUT2D eigenvalue weighted by molar-refractivity contribution is 8.02. The molecule has 0 aliphatic carbocycles. The van der Waals surface area contributed by atoms with Gasteiger partial charge in [0.2, 0.25) is 11.7 Å². The Morgan fingerprint density at radius 2 is 1.89 bits per heavy atom. The first kappa shape index (κ1) is 18.1. The highest BCUT2D eigenvalue weighted by atomic mass is 35.5. The molecule has 4 rings (SSSR count). The number of Topliss-reactive ketones (excluding diaryl/α,β-unsaturated/α-hetero) is 1. The summed E-state index contributed by atoms with van der Waals surface area (Å²) in [5.74, 6) is -0.988. The summed E-state index contributed by atoms with van der Waals surface area (Å²) >= 11 is 7.17. The van der Waals surface area contributed by atoms with Gasteiger partial charge in [-0.2, -0.15) is 0 Å². The van der Waals surface area contributed by atoms with Crippen molar-refractivity contribution in [2.24, 2.45) is 0 Å². The van der Waals surface area contributed by atoms with Crippen LogP contribution in [-0.4, -0.2) is 28.6 Å². The average Bonchev–Trinajstić information content (AvgIpc) is 3.17. The number of amides is 1. The van der Waals surface area contributed by atoms with E-state index in [1.165, 1.54) is 16.7 Å². The highest BCUT2D eigenvalue weighted by Gasteiger charge is 2.58. The summed E-state index contributed by atoms with van der Waals surface area (Å²) < 4.78 is 5.53. The minimum Gasteiger partial charge on any atom is -0.452 e. The molecule has 0 radical (unpaired) electrons. The van der Waals surface area contributed by atoms with E-state index in [-0.39, 0.29) is 18.1 Å². The van der Waals surface area contributed by atoms with E-state index in [0.29, 0.717) is 17.0 Å². The highest BCUT2D eigenvalue weighted by Crippen LogP contribution is 2.56. The molecule has 7 heteroatoms. The number of nitrogens with zero attached hydrogens (tertiary/aromatic N) is 1. The van der Waals surface area contributed by atoms with E-state index in [2.05, 4.69) is 0 Å². The van der Waals surface area contributed by atoms with Crippen molar-refractivity contribution in [3.8, 4) is 0 Å². The minimum absolute atomic E-state index is 0.110. The molecule has 5 nitrogen and oxygen atoms in total. The SMILES string of the molecule is CC(OC(=O)C12CCC(=O)N1c1ccccc1S2)C(=O)c1ccc(Cl)cc1. The summed E-state index contributed by atoms with van der Waals surface area (Å²) in [4.78, 5) is 39.3. The largest absolute Gasteiger partial charge is 0.452 e. The van der Waals surface area contributed by atoms with Gasteiger partial charge in [-0.25, -0.2) is 4.79 Å². The predicted molar refractivity (Wildman–Crippen MR) is 103 cm³/mol. The second-order valence-corrected chi connectivity index (χ2v) is 8.26. The fourth-order valence-electron chi connectivity index (χ4n) is 3.43. The van der Waals surface area contributed by atoms with Gasteiger partial charge < -0.3 is 4.74 Å². The van der Waals surface area contributed by atoms with Crippen molar-refractivity contribution >= 4 is 46.7 Å². The second kappa shape index (κ2) is 6.69. The van der Waals surface area contributed by atoms with Crippen LogP contribution in [0.3, 0.4) is 0 Å². The number of ketones is 1. The molecule has 2 aromatic rings. The molecular formula is C20H16ClNO4S. The molecule has 0 spiro atoms. The third-order valence-corrected chi connectivity index (χ3v) is 6.48. The van der Waals surface area contributed by atoms with E-state index in [9.17, 15) is 14.4 Å². The lowest BCUT2D eigenvalue weighted by atomic mass is 10.1. The molecule has 2 heterocycles. The van der Waals surface area contributed by atoms with Crippen LogP contribution in [0.15, 0.2) is 53.4 Å². The van der Waals surface area contributed by atoms with E-state index >= 15 is 0 Å². The molecule has 2 unspecified atom stereocenters. The van der Waals surface area contributed by atoms with Gasteiger partial charge in [0.25, 0.3) is 0 Å². The second-order valence-electron chi connectivity index (χ2n) is 6.50. The number of carbonyl (C=O) groups excluding carboxylic acids is 3. The number of carbonyl (C=O) groups is 3. The van der Waals surface area contributed by atoms with Crippen LogP contribution in [0, 0.1) is 0 Å². The normalized spacial score (nSPS) is 21.6. The maximum atomic E-state index is 13.1. The molecular weight excluding hydrogens is 386 g/mol. The Kier molecular flexibility index (Phi) is 4.48. The molecule has 1 fully saturated rings. The molecule has 0 aromatic heterocycles. The molecule has 2 atom stereocenters. The third kappa shape index (κ3) is 2.93. The fourth-order valence-corrected chi connectivity index (χ4v) is 4.95. The Morgan fingerprint density at radius 1 is 1.19 bits per heavy atom. The Labute approximate surface area is 165 Å². The number of benzene rings is 2. The van der Waals surface area contributed by atoms with Crippen molar-refractivity contribution in [1.82, 2.24) is 0 Å². The number of thioether (sulfide) groups is 1. The predicted octanol–water partition coefficient (Wildman–Crippen LogP) is 4.08. The first-order valence-electron chi connectivity index (χ1n) is 8.54. The van der Waals surface area contributed by atoms with Crippen molar-refractivity contribution in [2.75, 3.05) is 4.90 Å². The van der Waals surface area contributed by atoms with Gasteiger partial charge in [-0.3, -0.25) is 14.5 Å². The van der Waals surface area contributed by atoms with Crippen LogP contribution >= 0.6 is 23.4 Å². The van der Waals surface area contributed by atoms with Crippen LogP contribution in [0.4, 0.5) is 5.69 Å². The van der Waals surface area contributed by atoms with Crippen molar-refractivity contribution in [1.29, 1.82) is 0 Å².